The van der Waals surface area contributed by atoms with Gasteiger partial charge >= 0.3 is 0 Å². The average Bonchev–Trinajstić information content (AvgIpc) is 2.48. The molecule has 3 heteroatoms. The Morgan fingerprint density at radius 3 is 2.62 bits per heavy atom. The molecule has 0 aliphatic rings. The summed E-state index contributed by atoms with van der Waals surface area (Å²) in [4.78, 5) is 0. The van der Waals surface area contributed by atoms with Crippen LogP contribution in [0.3, 0.4) is 0 Å². The minimum Gasteiger partial charge on any atom is -0.496 e. The number of likely N-dealkylation sites (N-methyl/N-ethyl adjacent to an activating group) is 1. The first kappa shape index (κ1) is 15.9. The molecule has 0 aliphatic heterocycles. The molecule has 0 fully saturated rings. The van der Waals surface area contributed by atoms with Crippen molar-refractivity contribution in [2.24, 2.45) is 0 Å². The van der Waals surface area contributed by atoms with Crippen LogP contribution in [-0.2, 0) is 6.42 Å². The Bertz CT molecular complexity index is 625. The van der Waals surface area contributed by atoms with Gasteiger partial charge in [0.15, 0.2) is 0 Å². The Morgan fingerprint density at radius 1 is 1.19 bits per heavy atom. The molecule has 2 rings (SSSR count). The van der Waals surface area contributed by atoms with Crippen molar-refractivity contribution >= 4 is 11.6 Å². The van der Waals surface area contributed by atoms with Crippen molar-refractivity contribution in [1.29, 1.82) is 0 Å². The standard InChI is InChI=1S/C18H22ClNO/c1-12-8-9-17(21-4)14(10-12)11-16(20-3)15-7-5-6-13(2)18(15)19/h5-10,16,20H,11H2,1-4H3. The first-order chi connectivity index (χ1) is 10.1. The highest BCUT2D eigenvalue weighted by molar-refractivity contribution is 6.32. The largest absolute Gasteiger partial charge is 0.496 e. The lowest BCUT2D eigenvalue weighted by molar-refractivity contribution is 0.406. The number of ether oxygens (including phenoxy) is 1. The molecule has 1 atom stereocenters. The van der Waals surface area contributed by atoms with E-state index in [1.165, 1.54) is 11.1 Å². The zero-order chi connectivity index (χ0) is 15.4. The van der Waals surface area contributed by atoms with E-state index in [0.717, 1.165) is 28.3 Å². The Hall–Kier alpha value is -1.51. The van der Waals surface area contributed by atoms with E-state index in [9.17, 15) is 0 Å². The highest BCUT2D eigenvalue weighted by atomic mass is 35.5. The van der Waals surface area contributed by atoms with Crippen molar-refractivity contribution < 1.29 is 4.74 Å². The van der Waals surface area contributed by atoms with Gasteiger partial charge in [-0.1, -0.05) is 47.5 Å². The fourth-order valence-electron chi connectivity index (χ4n) is 2.59. The summed E-state index contributed by atoms with van der Waals surface area (Å²) < 4.78 is 5.47. The average molecular weight is 304 g/mol. The number of benzene rings is 2. The summed E-state index contributed by atoms with van der Waals surface area (Å²) in [7, 11) is 3.67. The van der Waals surface area contributed by atoms with Crippen LogP contribution in [0.5, 0.6) is 5.75 Å². The predicted molar refractivity (Wildman–Crippen MR) is 89.4 cm³/mol. The Kier molecular flexibility index (Phi) is 5.27. The number of hydrogen-bond donors (Lipinski definition) is 1. The molecule has 2 aromatic carbocycles. The maximum absolute atomic E-state index is 6.47. The van der Waals surface area contributed by atoms with E-state index >= 15 is 0 Å². The van der Waals surface area contributed by atoms with Crippen molar-refractivity contribution in [1.82, 2.24) is 5.32 Å². The first-order valence-electron chi connectivity index (χ1n) is 7.12. The third-order valence-electron chi connectivity index (χ3n) is 3.81. The zero-order valence-corrected chi connectivity index (χ0v) is 13.8. The molecule has 2 nitrogen and oxygen atoms in total. The van der Waals surface area contributed by atoms with Gasteiger partial charge in [0, 0.05) is 11.1 Å². The van der Waals surface area contributed by atoms with Gasteiger partial charge in [-0.05, 0) is 50.1 Å². The van der Waals surface area contributed by atoms with Gasteiger partial charge in [-0.3, -0.25) is 0 Å². The fraction of sp³-hybridized carbons (Fsp3) is 0.333. The van der Waals surface area contributed by atoms with Gasteiger partial charge < -0.3 is 10.1 Å². The number of rotatable bonds is 5. The maximum Gasteiger partial charge on any atom is 0.122 e. The van der Waals surface area contributed by atoms with Crippen molar-refractivity contribution in [3.63, 3.8) is 0 Å². The van der Waals surface area contributed by atoms with Crippen LogP contribution < -0.4 is 10.1 Å². The number of aryl methyl sites for hydroxylation is 2. The fourth-order valence-corrected chi connectivity index (χ4v) is 2.85. The molecule has 112 valence electrons. The normalized spacial score (nSPS) is 12.2. The van der Waals surface area contributed by atoms with Crippen LogP contribution in [-0.4, -0.2) is 14.2 Å². The maximum atomic E-state index is 6.47. The van der Waals surface area contributed by atoms with Gasteiger partial charge in [0.1, 0.15) is 5.75 Å². The van der Waals surface area contributed by atoms with Gasteiger partial charge in [-0.25, -0.2) is 0 Å². The molecule has 0 aromatic heterocycles. The summed E-state index contributed by atoms with van der Waals surface area (Å²) in [5.74, 6) is 0.921. The summed E-state index contributed by atoms with van der Waals surface area (Å²) >= 11 is 6.47. The molecule has 0 radical (unpaired) electrons. The van der Waals surface area contributed by atoms with Crippen molar-refractivity contribution in [3.8, 4) is 5.75 Å². The molecule has 0 amide bonds. The topological polar surface area (TPSA) is 21.3 Å². The molecular weight excluding hydrogens is 282 g/mol. The van der Waals surface area contributed by atoms with Crippen molar-refractivity contribution in [3.05, 3.63) is 63.7 Å². The predicted octanol–water partition coefficient (Wildman–Crippen LogP) is 4.47. The minimum atomic E-state index is 0.160. The van der Waals surface area contributed by atoms with Gasteiger partial charge in [-0.15, -0.1) is 0 Å². The highest BCUT2D eigenvalue weighted by Crippen LogP contribution is 2.31. The lowest BCUT2D eigenvalue weighted by Gasteiger charge is -2.20. The van der Waals surface area contributed by atoms with Crippen molar-refractivity contribution in [2.75, 3.05) is 14.2 Å². The van der Waals surface area contributed by atoms with Crippen LogP contribution >= 0.6 is 11.6 Å². The van der Waals surface area contributed by atoms with E-state index in [0.29, 0.717) is 0 Å². The van der Waals surface area contributed by atoms with Gasteiger partial charge in [0.25, 0.3) is 0 Å². The smallest absolute Gasteiger partial charge is 0.122 e. The highest BCUT2D eigenvalue weighted by Gasteiger charge is 2.16. The SMILES string of the molecule is CNC(Cc1cc(C)ccc1OC)c1cccc(C)c1Cl. The van der Waals surface area contributed by atoms with Crippen LogP contribution in [0.15, 0.2) is 36.4 Å². The lowest BCUT2D eigenvalue weighted by Crippen LogP contribution is -2.19. The monoisotopic (exact) mass is 303 g/mol. The summed E-state index contributed by atoms with van der Waals surface area (Å²) in [6.45, 7) is 4.13. The Balaban J connectivity index is 2.35. The van der Waals surface area contributed by atoms with E-state index in [4.69, 9.17) is 16.3 Å². The molecule has 1 N–H and O–H groups in total. The van der Waals surface area contributed by atoms with Crippen LogP contribution in [0.2, 0.25) is 5.02 Å². The first-order valence-corrected chi connectivity index (χ1v) is 7.50. The number of methoxy groups -OCH3 is 1. The third kappa shape index (κ3) is 3.58. The molecular formula is C18H22ClNO. The Morgan fingerprint density at radius 2 is 1.95 bits per heavy atom. The Labute approximate surface area is 132 Å². The van der Waals surface area contributed by atoms with E-state index in [1.54, 1.807) is 7.11 Å². The second-order valence-corrected chi connectivity index (χ2v) is 5.72. The number of hydrogen-bond acceptors (Lipinski definition) is 2. The van der Waals surface area contributed by atoms with Gasteiger partial charge in [-0.2, -0.15) is 0 Å². The molecule has 0 spiro atoms. The number of nitrogens with one attached hydrogen (secondary N) is 1. The summed E-state index contributed by atoms with van der Waals surface area (Å²) in [6.07, 6.45) is 0.838. The second kappa shape index (κ2) is 6.97. The third-order valence-corrected chi connectivity index (χ3v) is 4.32. The van der Waals surface area contributed by atoms with E-state index in [-0.39, 0.29) is 6.04 Å². The number of halogens is 1. The quantitative estimate of drug-likeness (QED) is 0.880. The van der Waals surface area contributed by atoms with E-state index in [2.05, 4.69) is 30.4 Å². The van der Waals surface area contributed by atoms with Crippen LogP contribution in [0.25, 0.3) is 0 Å². The molecule has 0 heterocycles. The lowest BCUT2D eigenvalue weighted by atomic mass is 9.96. The molecule has 0 bridgehead atoms. The summed E-state index contributed by atoms with van der Waals surface area (Å²) in [5.41, 5.74) is 4.65. The molecule has 0 saturated carbocycles. The zero-order valence-electron chi connectivity index (χ0n) is 13.0. The van der Waals surface area contributed by atoms with Gasteiger partial charge in [0.2, 0.25) is 0 Å². The van der Waals surface area contributed by atoms with E-state index in [1.807, 2.05) is 32.2 Å². The van der Waals surface area contributed by atoms with Crippen LogP contribution in [0.4, 0.5) is 0 Å². The summed E-state index contributed by atoms with van der Waals surface area (Å²) in [6, 6.07) is 12.6. The van der Waals surface area contributed by atoms with Crippen molar-refractivity contribution in [2.45, 2.75) is 26.3 Å². The van der Waals surface area contributed by atoms with Crippen LogP contribution in [0.1, 0.15) is 28.3 Å². The second-order valence-electron chi connectivity index (χ2n) is 5.34. The van der Waals surface area contributed by atoms with Crippen LogP contribution in [0, 0.1) is 13.8 Å². The molecule has 0 saturated heterocycles. The molecule has 2 aromatic rings. The molecule has 1 unspecified atom stereocenters. The minimum absolute atomic E-state index is 0.160. The summed E-state index contributed by atoms with van der Waals surface area (Å²) in [5, 5.41) is 4.20. The molecule has 21 heavy (non-hydrogen) atoms. The van der Waals surface area contributed by atoms with Gasteiger partial charge in [0.05, 0.1) is 7.11 Å². The van der Waals surface area contributed by atoms with E-state index < -0.39 is 0 Å². The molecule has 0 aliphatic carbocycles.